The Hall–Kier alpha value is -0.730. The summed E-state index contributed by atoms with van der Waals surface area (Å²) in [6.07, 6.45) is 2.22. The standard InChI is InChI=1S/C12H16ClNO/c1-8-6-9(11(13)10(15)7-8)12(2)4-3-5-14-12/h6-7,14-15H,3-5H2,1-2H3. The van der Waals surface area contributed by atoms with Crippen LogP contribution in [0.5, 0.6) is 5.75 Å². The summed E-state index contributed by atoms with van der Waals surface area (Å²) in [5.41, 5.74) is 1.97. The van der Waals surface area contributed by atoms with E-state index in [4.69, 9.17) is 11.6 Å². The summed E-state index contributed by atoms with van der Waals surface area (Å²) in [5.74, 6) is 0.182. The van der Waals surface area contributed by atoms with Crippen molar-refractivity contribution in [2.24, 2.45) is 0 Å². The van der Waals surface area contributed by atoms with Gasteiger partial charge in [0.1, 0.15) is 5.75 Å². The van der Waals surface area contributed by atoms with E-state index in [1.807, 2.05) is 6.92 Å². The Bertz CT molecular complexity index is 383. The third kappa shape index (κ3) is 1.84. The molecule has 1 aromatic rings. The quantitative estimate of drug-likeness (QED) is 0.770. The van der Waals surface area contributed by atoms with Crippen molar-refractivity contribution in [1.29, 1.82) is 0 Å². The van der Waals surface area contributed by atoms with Gasteiger partial charge in [-0.2, -0.15) is 0 Å². The van der Waals surface area contributed by atoms with Gasteiger partial charge in [0.05, 0.1) is 5.02 Å². The lowest BCUT2D eigenvalue weighted by Crippen LogP contribution is -2.33. The summed E-state index contributed by atoms with van der Waals surface area (Å²) >= 11 is 6.14. The minimum atomic E-state index is -0.0828. The zero-order valence-corrected chi connectivity index (χ0v) is 9.86. The lowest BCUT2D eigenvalue weighted by molar-refractivity contribution is 0.426. The first kappa shape index (κ1) is 10.8. The van der Waals surface area contributed by atoms with Crippen molar-refractivity contribution < 1.29 is 5.11 Å². The summed E-state index contributed by atoms with van der Waals surface area (Å²) < 4.78 is 0. The van der Waals surface area contributed by atoms with E-state index in [-0.39, 0.29) is 11.3 Å². The van der Waals surface area contributed by atoms with Gasteiger partial charge in [0.15, 0.2) is 0 Å². The van der Waals surface area contributed by atoms with Crippen LogP contribution in [-0.4, -0.2) is 11.7 Å². The Kier molecular flexibility index (Phi) is 2.65. The van der Waals surface area contributed by atoms with Crippen LogP contribution in [0.1, 0.15) is 30.9 Å². The Morgan fingerprint density at radius 2 is 2.20 bits per heavy atom. The molecule has 3 heteroatoms. The van der Waals surface area contributed by atoms with E-state index in [9.17, 15) is 5.11 Å². The first-order valence-electron chi connectivity index (χ1n) is 5.27. The van der Waals surface area contributed by atoms with Crippen molar-refractivity contribution in [3.05, 3.63) is 28.3 Å². The summed E-state index contributed by atoms with van der Waals surface area (Å²) in [6, 6.07) is 3.75. The molecular formula is C12H16ClNO. The third-order valence-corrected chi connectivity index (χ3v) is 3.56. The number of hydrogen-bond donors (Lipinski definition) is 2. The van der Waals surface area contributed by atoms with Crippen molar-refractivity contribution in [2.45, 2.75) is 32.2 Å². The van der Waals surface area contributed by atoms with Crippen LogP contribution in [-0.2, 0) is 5.54 Å². The zero-order valence-electron chi connectivity index (χ0n) is 9.10. The fourth-order valence-electron chi connectivity index (χ4n) is 2.28. The number of aryl methyl sites for hydroxylation is 1. The lowest BCUT2D eigenvalue weighted by atomic mass is 9.89. The fourth-order valence-corrected chi connectivity index (χ4v) is 2.59. The topological polar surface area (TPSA) is 32.3 Å². The molecule has 1 aliphatic rings. The summed E-state index contributed by atoms with van der Waals surface area (Å²) in [7, 11) is 0. The van der Waals surface area contributed by atoms with Crippen LogP contribution in [0.15, 0.2) is 12.1 Å². The molecule has 0 amide bonds. The van der Waals surface area contributed by atoms with Gasteiger partial charge in [0.25, 0.3) is 0 Å². The van der Waals surface area contributed by atoms with Gasteiger partial charge in [0.2, 0.25) is 0 Å². The number of rotatable bonds is 1. The van der Waals surface area contributed by atoms with Crippen molar-refractivity contribution in [3.8, 4) is 5.75 Å². The molecule has 0 saturated carbocycles. The molecule has 2 N–H and O–H groups in total. The zero-order chi connectivity index (χ0) is 11.1. The van der Waals surface area contributed by atoms with Crippen molar-refractivity contribution in [2.75, 3.05) is 6.54 Å². The Balaban J connectivity index is 2.51. The summed E-state index contributed by atoms with van der Waals surface area (Å²) in [4.78, 5) is 0. The average molecular weight is 226 g/mol. The molecule has 0 bridgehead atoms. The van der Waals surface area contributed by atoms with Gasteiger partial charge in [-0.25, -0.2) is 0 Å². The van der Waals surface area contributed by atoms with Crippen LogP contribution in [0.4, 0.5) is 0 Å². The van der Waals surface area contributed by atoms with E-state index in [0.29, 0.717) is 5.02 Å². The first-order valence-corrected chi connectivity index (χ1v) is 5.65. The predicted molar refractivity (Wildman–Crippen MR) is 62.4 cm³/mol. The molecule has 0 radical (unpaired) electrons. The molecule has 2 rings (SSSR count). The highest BCUT2D eigenvalue weighted by Crippen LogP contribution is 2.39. The van der Waals surface area contributed by atoms with Gasteiger partial charge in [-0.05, 0) is 50.4 Å². The van der Waals surface area contributed by atoms with Crippen LogP contribution in [0.3, 0.4) is 0 Å². The molecule has 2 nitrogen and oxygen atoms in total. The van der Waals surface area contributed by atoms with Crippen molar-refractivity contribution >= 4 is 11.6 Å². The Morgan fingerprint density at radius 3 is 2.80 bits per heavy atom. The second kappa shape index (κ2) is 3.69. The number of nitrogens with one attached hydrogen (secondary N) is 1. The van der Waals surface area contributed by atoms with E-state index in [1.165, 1.54) is 0 Å². The fraction of sp³-hybridized carbons (Fsp3) is 0.500. The smallest absolute Gasteiger partial charge is 0.134 e. The molecule has 0 spiro atoms. The van der Waals surface area contributed by atoms with E-state index in [0.717, 1.165) is 30.5 Å². The molecule has 1 atom stereocenters. The highest BCUT2D eigenvalue weighted by atomic mass is 35.5. The molecule has 82 valence electrons. The molecule has 1 unspecified atom stereocenters. The van der Waals surface area contributed by atoms with E-state index >= 15 is 0 Å². The molecule has 1 aliphatic heterocycles. The monoisotopic (exact) mass is 225 g/mol. The number of aromatic hydroxyl groups is 1. The first-order chi connectivity index (χ1) is 7.03. The van der Waals surface area contributed by atoms with Crippen LogP contribution in [0.2, 0.25) is 5.02 Å². The van der Waals surface area contributed by atoms with E-state index in [2.05, 4.69) is 18.3 Å². The third-order valence-electron chi connectivity index (χ3n) is 3.16. The molecule has 0 aromatic heterocycles. The van der Waals surface area contributed by atoms with Crippen LogP contribution in [0, 0.1) is 6.92 Å². The molecule has 15 heavy (non-hydrogen) atoms. The predicted octanol–water partition coefficient (Wildman–Crippen LogP) is 2.95. The minimum Gasteiger partial charge on any atom is -0.506 e. The number of halogens is 1. The van der Waals surface area contributed by atoms with Crippen LogP contribution < -0.4 is 5.32 Å². The molecule has 1 aromatic carbocycles. The second-order valence-electron chi connectivity index (χ2n) is 4.51. The van der Waals surface area contributed by atoms with Gasteiger partial charge in [-0.1, -0.05) is 17.7 Å². The maximum Gasteiger partial charge on any atom is 0.134 e. The maximum atomic E-state index is 9.70. The van der Waals surface area contributed by atoms with Gasteiger partial charge >= 0.3 is 0 Å². The lowest BCUT2D eigenvalue weighted by Gasteiger charge is -2.26. The normalized spacial score (nSPS) is 25.8. The largest absolute Gasteiger partial charge is 0.506 e. The van der Waals surface area contributed by atoms with Gasteiger partial charge in [0, 0.05) is 5.54 Å². The Morgan fingerprint density at radius 1 is 1.47 bits per heavy atom. The van der Waals surface area contributed by atoms with Crippen LogP contribution >= 0.6 is 11.6 Å². The molecule has 1 fully saturated rings. The highest BCUT2D eigenvalue weighted by molar-refractivity contribution is 6.32. The van der Waals surface area contributed by atoms with E-state index in [1.54, 1.807) is 6.07 Å². The number of hydrogen-bond acceptors (Lipinski definition) is 2. The number of phenols is 1. The molecule has 1 saturated heterocycles. The minimum absolute atomic E-state index is 0.0828. The van der Waals surface area contributed by atoms with Gasteiger partial charge in [-0.15, -0.1) is 0 Å². The van der Waals surface area contributed by atoms with Crippen molar-refractivity contribution in [3.63, 3.8) is 0 Å². The van der Waals surface area contributed by atoms with Crippen molar-refractivity contribution in [1.82, 2.24) is 5.32 Å². The van der Waals surface area contributed by atoms with Gasteiger partial charge in [-0.3, -0.25) is 0 Å². The number of benzene rings is 1. The summed E-state index contributed by atoms with van der Waals surface area (Å²) in [6.45, 7) is 5.12. The second-order valence-corrected chi connectivity index (χ2v) is 4.89. The summed E-state index contributed by atoms with van der Waals surface area (Å²) in [5, 5.41) is 13.6. The van der Waals surface area contributed by atoms with Gasteiger partial charge < -0.3 is 10.4 Å². The molecule has 1 heterocycles. The maximum absolute atomic E-state index is 9.70. The highest BCUT2D eigenvalue weighted by Gasteiger charge is 2.32. The Labute approximate surface area is 95.3 Å². The van der Waals surface area contributed by atoms with E-state index < -0.39 is 0 Å². The molecule has 0 aliphatic carbocycles. The molecular weight excluding hydrogens is 210 g/mol. The average Bonchev–Trinajstić information content (AvgIpc) is 2.59. The number of phenolic OH excluding ortho intramolecular Hbond substituents is 1. The SMILES string of the molecule is Cc1cc(O)c(Cl)c(C2(C)CCCN2)c1. The van der Waals surface area contributed by atoms with Crippen LogP contribution in [0.25, 0.3) is 0 Å².